The minimum absolute atomic E-state index is 0.00395. The number of rotatable bonds is 8. The third-order valence-electron chi connectivity index (χ3n) is 5.39. The molecule has 0 aliphatic carbocycles. The zero-order valence-corrected chi connectivity index (χ0v) is 18.0. The molecule has 0 saturated carbocycles. The largest absolute Gasteiger partial charge is 0.419 e. The molecule has 9 heteroatoms. The Bertz CT molecular complexity index is 1080. The number of amides is 1. The fourth-order valence-electron chi connectivity index (χ4n) is 3.87. The van der Waals surface area contributed by atoms with Gasteiger partial charge in [-0.3, -0.25) is 9.36 Å². The van der Waals surface area contributed by atoms with Crippen molar-refractivity contribution in [3.63, 3.8) is 0 Å². The van der Waals surface area contributed by atoms with Crippen LogP contribution in [0.3, 0.4) is 0 Å². The van der Waals surface area contributed by atoms with Crippen molar-refractivity contribution < 1.29 is 18.5 Å². The van der Waals surface area contributed by atoms with E-state index in [-0.39, 0.29) is 31.6 Å². The van der Waals surface area contributed by atoms with Crippen LogP contribution >= 0.6 is 0 Å². The molecule has 1 aromatic carbocycles. The summed E-state index contributed by atoms with van der Waals surface area (Å²) in [6, 6.07) is 7.23. The molecule has 1 atom stereocenters. The minimum Gasteiger partial charge on any atom is -0.408 e. The van der Waals surface area contributed by atoms with Crippen LogP contribution in [0.1, 0.15) is 44.8 Å². The number of hydrogen-bond acceptors (Lipinski definition) is 7. The van der Waals surface area contributed by atoms with Gasteiger partial charge in [0.2, 0.25) is 11.8 Å². The van der Waals surface area contributed by atoms with E-state index in [1.807, 2.05) is 23.1 Å². The molecule has 9 nitrogen and oxygen atoms in total. The lowest BCUT2D eigenvalue weighted by atomic mass is 10.1. The topological polar surface area (TPSA) is 104 Å². The number of benzene rings is 1. The predicted molar refractivity (Wildman–Crippen MR) is 112 cm³/mol. The van der Waals surface area contributed by atoms with Crippen molar-refractivity contribution in [1.82, 2.24) is 19.6 Å². The van der Waals surface area contributed by atoms with E-state index in [1.165, 1.54) is 4.57 Å². The number of fused-ring (bicyclic) bond motifs is 1. The number of para-hydroxylation sites is 2. The van der Waals surface area contributed by atoms with E-state index in [1.54, 1.807) is 6.07 Å². The highest BCUT2D eigenvalue weighted by molar-refractivity contribution is 5.77. The van der Waals surface area contributed by atoms with Crippen molar-refractivity contribution in [3.8, 4) is 0 Å². The van der Waals surface area contributed by atoms with Crippen molar-refractivity contribution in [1.29, 1.82) is 0 Å². The maximum Gasteiger partial charge on any atom is 0.419 e. The Labute approximate surface area is 180 Å². The third kappa shape index (κ3) is 5.22. The van der Waals surface area contributed by atoms with Crippen molar-refractivity contribution in [2.75, 3.05) is 13.1 Å². The van der Waals surface area contributed by atoms with Crippen LogP contribution in [0.15, 0.2) is 38.0 Å². The average Bonchev–Trinajstić information content (AvgIpc) is 3.33. The molecule has 31 heavy (non-hydrogen) atoms. The molecule has 1 fully saturated rings. The Balaban J connectivity index is 1.28. The van der Waals surface area contributed by atoms with E-state index < -0.39 is 5.76 Å². The van der Waals surface area contributed by atoms with Gasteiger partial charge < -0.3 is 18.6 Å². The van der Waals surface area contributed by atoms with Crippen LogP contribution in [-0.2, 0) is 29.1 Å². The molecule has 1 aliphatic heterocycles. The summed E-state index contributed by atoms with van der Waals surface area (Å²) >= 11 is 0. The van der Waals surface area contributed by atoms with Gasteiger partial charge in [0.05, 0.1) is 11.6 Å². The van der Waals surface area contributed by atoms with Gasteiger partial charge in [-0.05, 0) is 30.9 Å². The van der Waals surface area contributed by atoms with Gasteiger partial charge in [0.1, 0.15) is 6.61 Å². The van der Waals surface area contributed by atoms with Gasteiger partial charge in [0, 0.05) is 32.5 Å². The number of hydrogen-bond donors (Lipinski definition) is 0. The number of piperidine rings is 1. The first kappa shape index (κ1) is 21.3. The molecular formula is C22H28N4O5. The summed E-state index contributed by atoms with van der Waals surface area (Å²) in [5.41, 5.74) is 1.24. The molecule has 0 bridgehead atoms. The third-order valence-corrected chi connectivity index (χ3v) is 5.39. The molecule has 3 aromatic rings. The van der Waals surface area contributed by atoms with Crippen LogP contribution in [0.5, 0.6) is 0 Å². The van der Waals surface area contributed by atoms with E-state index in [4.69, 9.17) is 13.7 Å². The monoisotopic (exact) mass is 428 g/mol. The van der Waals surface area contributed by atoms with Crippen LogP contribution in [0.4, 0.5) is 0 Å². The fraction of sp³-hybridized carbons (Fsp3) is 0.545. The van der Waals surface area contributed by atoms with E-state index in [0.717, 1.165) is 19.3 Å². The van der Waals surface area contributed by atoms with Crippen molar-refractivity contribution in [2.24, 2.45) is 5.92 Å². The summed E-state index contributed by atoms with van der Waals surface area (Å²) in [5.74, 6) is 1.17. The highest BCUT2D eigenvalue weighted by Crippen LogP contribution is 2.17. The molecule has 1 amide bonds. The van der Waals surface area contributed by atoms with E-state index in [2.05, 4.69) is 24.0 Å². The SMILES string of the molecule is CC(C)Cc1nc(COC2CCCN(C(=O)CCn3c(=O)oc4ccccc43)C2)no1. The summed E-state index contributed by atoms with van der Waals surface area (Å²) in [4.78, 5) is 31.0. The van der Waals surface area contributed by atoms with Crippen LogP contribution in [0.2, 0.25) is 0 Å². The molecule has 0 radical (unpaired) electrons. The van der Waals surface area contributed by atoms with Crippen LogP contribution in [0, 0.1) is 5.92 Å². The van der Waals surface area contributed by atoms with Gasteiger partial charge in [-0.25, -0.2) is 4.79 Å². The Hall–Kier alpha value is -2.94. The van der Waals surface area contributed by atoms with Crippen LogP contribution < -0.4 is 5.76 Å². The molecule has 1 unspecified atom stereocenters. The lowest BCUT2D eigenvalue weighted by Gasteiger charge is -2.32. The number of carbonyl (C=O) groups excluding carboxylic acids is 1. The summed E-state index contributed by atoms with van der Waals surface area (Å²) in [6.45, 7) is 5.97. The number of nitrogens with zero attached hydrogens (tertiary/aromatic N) is 4. The fourth-order valence-corrected chi connectivity index (χ4v) is 3.87. The molecule has 4 rings (SSSR count). The first-order chi connectivity index (χ1) is 15.0. The summed E-state index contributed by atoms with van der Waals surface area (Å²) in [6.07, 6.45) is 2.66. The quantitative estimate of drug-likeness (QED) is 0.543. The second-order valence-electron chi connectivity index (χ2n) is 8.35. The zero-order valence-electron chi connectivity index (χ0n) is 18.0. The second-order valence-corrected chi connectivity index (χ2v) is 8.35. The van der Waals surface area contributed by atoms with Gasteiger partial charge in [-0.15, -0.1) is 0 Å². The molecule has 166 valence electrons. The van der Waals surface area contributed by atoms with Gasteiger partial charge in [0.25, 0.3) is 0 Å². The second kappa shape index (κ2) is 9.47. The van der Waals surface area contributed by atoms with Gasteiger partial charge in [-0.2, -0.15) is 4.98 Å². The number of ether oxygens (including phenoxy) is 1. The lowest BCUT2D eigenvalue weighted by Crippen LogP contribution is -2.43. The molecule has 1 saturated heterocycles. The molecule has 1 aliphatic rings. The molecule has 3 heterocycles. The van der Waals surface area contributed by atoms with Crippen molar-refractivity contribution >= 4 is 17.0 Å². The highest BCUT2D eigenvalue weighted by Gasteiger charge is 2.25. The van der Waals surface area contributed by atoms with Crippen LogP contribution in [-0.4, -0.2) is 44.7 Å². The van der Waals surface area contributed by atoms with Crippen molar-refractivity contribution in [3.05, 3.63) is 46.5 Å². The predicted octanol–water partition coefficient (Wildman–Crippen LogP) is 2.77. The van der Waals surface area contributed by atoms with E-state index in [9.17, 15) is 9.59 Å². The van der Waals surface area contributed by atoms with Gasteiger partial charge in [-0.1, -0.05) is 31.1 Å². The lowest BCUT2D eigenvalue weighted by molar-refractivity contribution is -0.135. The molecular weight excluding hydrogens is 400 g/mol. The van der Waals surface area contributed by atoms with Crippen LogP contribution in [0.25, 0.3) is 11.1 Å². The maximum absolute atomic E-state index is 12.8. The highest BCUT2D eigenvalue weighted by atomic mass is 16.5. The zero-order chi connectivity index (χ0) is 21.8. The number of aromatic nitrogens is 3. The van der Waals surface area contributed by atoms with Crippen molar-refractivity contribution in [2.45, 2.75) is 58.8 Å². The van der Waals surface area contributed by atoms with Gasteiger partial charge in [0.15, 0.2) is 11.4 Å². The normalized spacial score (nSPS) is 17.0. The first-order valence-corrected chi connectivity index (χ1v) is 10.8. The van der Waals surface area contributed by atoms with Gasteiger partial charge >= 0.3 is 5.76 Å². The summed E-state index contributed by atoms with van der Waals surface area (Å²) in [5, 5.41) is 3.97. The summed E-state index contributed by atoms with van der Waals surface area (Å²) in [7, 11) is 0. The molecule has 0 N–H and O–H groups in total. The average molecular weight is 428 g/mol. The molecule has 2 aromatic heterocycles. The Morgan fingerprint density at radius 1 is 1.32 bits per heavy atom. The number of aryl methyl sites for hydroxylation is 1. The Kier molecular flexibility index (Phi) is 6.50. The standard InChI is InChI=1S/C22H28N4O5/c1-15(2)12-20-23-19(24-31-20)14-29-16-6-5-10-25(13-16)21(27)9-11-26-17-7-3-4-8-18(17)30-22(26)28/h3-4,7-8,15-16H,5-6,9-14H2,1-2H3. The number of carbonyl (C=O) groups is 1. The Morgan fingerprint density at radius 3 is 3.00 bits per heavy atom. The maximum atomic E-state index is 12.8. The van der Waals surface area contributed by atoms with E-state index in [0.29, 0.717) is 41.8 Å². The number of oxazole rings is 1. The number of likely N-dealkylation sites (tertiary alicyclic amines) is 1. The molecule has 0 spiro atoms. The Morgan fingerprint density at radius 2 is 2.16 bits per heavy atom. The smallest absolute Gasteiger partial charge is 0.408 e. The minimum atomic E-state index is -0.439. The summed E-state index contributed by atoms with van der Waals surface area (Å²) < 4.78 is 17.9. The van der Waals surface area contributed by atoms with E-state index >= 15 is 0 Å². The first-order valence-electron chi connectivity index (χ1n) is 10.8.